The lowest BCUT2D eigenvalue weighted by molar-refractivity contribution is 0.0727. The average molecular weight is 443 g/mol. The molecule has 4 aromatic carbocycles. The highest BCUT2D eigenvalue weighted by molar-refractivity contribution is 5.91. The van der Waals surface area contributed by atoms with Crippen molar-refractivity contribution >= 4 is 5.97 Å². The molecule has 166 valence electrons. The van der Waals surface area contributed by atoms with Gasteiger partial charge >= 0.3 is 5.97 Å². The molecule has 0 N–H and O–H groups in total. The Hall–Kier alpha value is -3.79. The fraction of sp³-hybridized carbons (Fsp3) is 0.138. The highest BCUT2D eigenvalue weighted by Gasteiger charge is 2.19. The van der Waals surface area contributed by atoms with Crippen molar-refractivity contribution in [2.24, 2.45) is 0 Å². The Balaban J connectivity index is 1.51. The third-order valence-corrected chi connectivity index (χ3v) is 5.56. The van der Waals surface area contributed by atoms with Gasteiger partial charge in [-0.3, -0.25) is 0 Å². The Morgan fingerprint density at radius 3 is 1.91 bits per heavy atom. The summed E-state index contributed by atoms with van der Waals surface area (Å²) < 4.78 is 34.6. The number of rotatable bonds is 6. The van der Waals surface area contributed by atoms with Crippen molar-refractivity contribution in [3.63, 3.8) is 0 Å². The van der Waals surface area contributed by atoms with Crippen molar-refractivity contribution in [3.05, 3.63) is 113 Å². The molecule has 4 heteroatoms. The maximum absolute atomic E-state index is 14.8. The summed E-state index contributed by atoms with van der Waals surface area (Å²) >= 11 is 0. The number of ether oxygens (including phenoxy) is 1. The van der Waals surface area contributed by atoms with Crippen molar-refractivity contribution in [1.82, 2.24) is 0 Å². The summed E-state index contributed by atoms with van der Waals surface area (Å²) in [6, 6.07) is 24.9. The molecule has 0 saturated carbocycles. The summed E-state index contributed by atoms with van der Waals surface area (Å²) in [5.74, 6) is -3.42. The van der Waals surface area contributed by atoms with Gasteiger partial charge in [0.15, 0.2) is 11.6 Å². The van der Waals surface area contributed by atoms with Gasteiger partial charge in [0, 0.05) is 5.56 Å². The third kappa shape index (κ3) is 5.01. The molecular formula is C29H24F2O2. The summed E-state index contributed by atoms with van der Waals surface area (Å²) in [6.45, 7) is 4.10. The first kappa shape index (κ1) is 22.4. The van der Waals surface area contributed by atoms with E-state index in [4.69, 9.17) is 4.74 Å². The van der Waals surface area contributed by atoms with E-state index in [2.05, 4.69) is 6.92 Å². The number of aryl methyl sites for hydroxylation is 2. The summed E-state index contributed by atoms with van der Waals surface area (Å²) in [7, 11) is 0. The minimum absolute atomic E-state index is 0.123. The van der Waals surface area contributed by atoms with Crippen LogP contribution in [-0.2, 0) is 6.42 Å². The average Bonchev–Trinajstić information content (AvgIpc) is 2.84. The molecule has 0 atom stereocenters. The van der Waals surface area contributed by atoms with Gasteiger partial charge in [0.05, 0.1) is 5.56 Å². The van der Waals surface area contributed by atoms with Gasteiger partial charge in [-0.25, -0.2) is 9.18 Å². The molecule has 0 aliphatic carbocycles. The van der Waals surface area contributed by atoms with Crippen LogP contribution in [0.5, 0.6) is 5.75 Å². The van der Waals surface area contributed by atoms with E-state index in [0.717, 1.165) is 35.1 Å². The fourth-order valence-electron chi connectivity index (χ4n) is 3.68. The normalized spacial score (nSPS) is 10.8. The van der Waals surface area contributed by atoms with Gasteiger partial charge in [-0.05, 0) is 59.9 Å². The molecule has 4 rings (SSSR count). The van der Waals surface area contributed by atoms with Gasteiger partial charge in [0.1, 0.15) is 0 Å². The molecule has 0 saturated heterocycles. The molecule has 0 unspecified atom stereocenters. The molecule has 0 radical (unpaired) electrons. The van der Waals surface area contributed by atoms with E-state index in [1.807, 2.05) is 43.3 Å². The Kier molecular flexibility index (Phi) is 6.64. The van der Waals surface area contributed by atoms with Crippen LogP contribution in [0.4, 0.5) is 8.78 Å². The third-order valence-electron chi connectivity index (χ3n) is 5.56. The molecule has 0 bridgehead atoms. The minimum Gasteiger partial charge on any atom is -0.420 e. The van der Waals surface area contributed by atoms with Crippen molar-refractivity contribution in [2.45, 2.75) is 26.7 Å². The lowest BCUT2D eigenvalue weighted by Crippen LogP contribution is -2.10. The minimum atomic E-state index is -1.19. The highest BCUT2D eigenvalue weighted by Crippen LogP contribution is 2.31. The number of hydrogen-bond donors (Lipinski definition) is 0. The highest BCUT2D eigenvalue weighted by atomic mass is 19.2. The molecule has 0 heterocycles. The first-order valence-electron chi connectivity index (χ1n) is 10.9. The molecule has 0 aliphatic heterocycles. The molecule has 0 aliphatic rings. The first-order chi connectivity index (χ1) is 16.0. The van der Waals surface area contributed by atoms with Crippen molar-refractivity contribution in [1.29, 1.82) is 0 Å². The van der Waals surface area contributed by atoms with Crippen LogP contribution in [-0.4, -0.2) is 5.97 Å². The molecular weight excluding hydrogens is 418 g/mol. The van der Waals surface area contributed by atoms with Gasteiger partial charge in [0.25, 0.3) is 0 Å². The Bertz CT molecular complexity index is 1260. The summed E-state index contributed by atoms with van der Waals surface area (Å²) in [5.41, 5.74) is 5.20. The van der Waals surface area contributed by atoms with Crippen LogP contribution in [0.15, 0.2) is 84.9 Å². The van der Waals surface area contributed by atoms with Gasteiger partial charge in [-0.2, -0.15) is 4.39 Å². The smallest absolute Gasteiger partial charge is 0.343 e. The second kappa shape index (κ2) is 9.78. The van der Waals surface area contributed by atoms with E-state index < -0.39 is 23.4 Å². The lowest BCUT2D eigenvalue weighted by atomic mass is 10.0. The van der Waals surface area contributed by atoms with E-state index >= 15 is 0 Å². The molecule has 0 aromatic heterocycles. The van der Waals surface area contributed by atoms with E-state index in [9.17, 15) is 13.6 Å². The van der Waals surface area contributed by atoms with Crippen molar-refractivity contribution in [3.8, 4) is 28.0 Å². The number of benzene rings is 4. The second-order valence-corrected chi connectivity index (χ2v) is 8.02. The number of esters is 1. The van der Waals surface area contributed by atoms with Gasteiger partial charge in [-0.15, -0.1) is 0 Å². The van der Waals surface area contributed by atoms with Crippen molar-refractivity contribution in [2.75, 3.05) is 0 Å². The fourth-order valence-corrected chi connectivity index (χ4v) is 3.68. The van der Waals surface area contributed by atoms with Crippen LogP contribution in [0.2, 0.25) is 0 Å². The number of carbonyl (C=O) groups is 1. The zero-order chi connectivity index (χ0) is 23.4. The van der Waals surface area contributed by atoms with Crippen LogP contribution >= 0.6 is 0 Å². The maximum atomic E-state index is 14.8. The molecule has 0 spiro atoms. The number of hydrogen-bond acceptors (Lipinski definition) is 2. The SMILES string of the molecule is CCCc1ccc(-c2ccc(OC(=O)c3ccc(-c4ccc(C)cc4)cc3)c(F)c2F)cc1. The van der Waals surface area contributed by atoms with E-state index in [1.54, 1.807) is 36.4 Å². The Morgan fingerprint density at radius 2 is 1.30 bits per heavy atom. The van der Waals surface area contributed by atoms with Crippen LogP contribution in [0, 0.1) is 18.6 Å². The predicted octanol–water partition coefficient (Wildman–Crippen LogP) is 7.78. The van der Waals surface area contributed by atoms with Crippen LogP contribution in [0.25, 0.3) is 22.3 Å². The van der Waals surface area contributed by atoms with Gasteiger partial charge < -0.3 is 4.74 Å². The van der Waals surface area contributed by atoms with Gasteiger partial charge in [0.2, 0.25) is 5.82 Å². The molecule has 2 nitrogen and oxygen atoms in total. The van der Waals surface area contributed by atoms with E-state index in [1.165, 1.54) is 12.1 Å². The van der Waals surface area contributed by atoms with Crippen LogP contribution in [0.1, 0.15) is 34.8 Å². The van der Waals surface area contributed by atoms with Crippen molar-refractivity contribution < 1.29 is 18.3 Å². The standard InChI is InChI=1S/C29H24F2O2/c1-3-4-20-7-11-23(12-8-20)25-17-18-26(28(31)27(25)30)33-29(32)24-15-13-22(14-16-24)21-9-5-19(2)6-10-21/h5-18H,3-4H2,1-2H3. The zero-order valence-electron chi connectivity index (χ0n) is 18.6. The van der Waals surface area contributed by atoms with Gasteiger partial charge in [-0.1, -0.05) is 79.6 Å². The van der Waals surface area contributed by atoms with Crippen LogP contribution in [0.3, 0.4) is 0 Å². The monoisotopic (exact) mass is 442 g/mol. The molecule has 0 amide bonds. The Labute approximate surface area is 192 Å². The molecule has 4 aromatic rings. The lowest BCUT2D eigenvalue weighted by Gasteiger charge is -2.10. The quantitative estimate of drug-likeness (QED) is 0.225. The summed E-state index contributed by atoms with van der Waals surface area (Å²) in [6.07, 6.45) is 1.94. The summed E-state index contributed by atoms with van der Waals surface area (Å²) in [4.78, 5) is 12.5. The molecule has 0 fully saturated rings. The first-order valence-corrected chi connectivity index (χ1v) is 10.9. The molecule has 33 heavy (non-hydrogen) atoms. The second-order valence-electron chi connectivity index (χ2n) is 8.02. The van der Waals surface area contributed by atoms with E-state index in [-0.39, 0.29) is 11.1 Å². The predicted molar refractivity (Wildman–Crippen MR) is 127 cm³/mol. The van der Waals surface area contributed by atoms with E-state index in [0.29, 0.717) is 5.56 Å². The maximum Gasteiger partial charge on any atom is 0.343 e. The Morgan fingerprint density at radius 1 is 0.727 bits per heavy atom. The largest absolute Gasteiger partial charge is 0.420 e. The number of halogens is 2. The zero-order valence-corrected chi connectivity index (χ0v) is 18.6. The topological polar surface area (TPSA) is 26.3 Å². The number of carbonyl (C=O) groups excluding carboxylic acids is 1. The van der Waals surface area contributed by atoms with Crippen LogP contribution < -0.4 is 4.74 Å². The summed E-state index contributed by atoms with van der Waals surface area (Å²) in [5, 5.41) is 0.